The molecule has 1 aromatic carbocycles. The summed E-state index contributed by atoms with van der Waals surface area (Å²) in [4.78, 5) is 43.4. The van der Waals surface area contributed by atoms with Crippen LogP contribution in [0.1, 0.15) is 28.9 Å². The molecule has 0 aliphatic carbocycles. The van der Waals surface area contributed by atoms with Gasteiger partial charge in [0.15, 0.2) is 16.9 Å². The third-order valence-electron chi connectivity index (χ3n) is 6.02. The molecule has 0 amide bonds. The van der Waals surface area contributed by atoms with E-state index in [0.717, 1.165) is 41.8 Å². The fraction of sp³-hybridized carbons (Fsp3) is 0.364. The Morgan fingerprint density at radius 1 is 1.22 bits per heavy atom. The lowest BCUT2D eigenvalue weighted by Gasteiger charge is -2.11. The molecule has 1 fully saturated rings. The van der Waals surface area contributed by atoms with Gasteiger partial charge in [0.1, 0.15) is 5.82 Å². The maximum atomic E-state index is 13.3. The molecule has 0 radical (unpaired) electrons. The summed E-state index contributed by atoms with van der Waals surface area (Å²) in [7, 11) is 1.52. The molecule has 1 aliphatic heterocycles. The van der Waals surface area contributed by atoms with Crippen LogP contribution in [-0.4, -0.2) is 41.6 Å². The minimum atomic E-state index is -0.638. The largest absolute Gasteiger partial charge is 0.376 e. The third-order valence-corrected chi connectivity index (χ3v) is 6.02. The second-order valence-electron chi connectivity index (χ2n) is 8.13. The fourth-order valence-corrected chi connectivity index (χ4v) is 4.28. The summed E-state index contributed by atoms with van der Waals surface area (Å²) in [6.07, 6.45) is 3.86. The van der Waals surface area contributed by atoms with Crippen molar-refractivity contribution in [2.75, 3.05) is 6.61 Å². The Balaban J connectivity index is 1.63. The van der Waals surface area contributed by atoms with Crippen molar-refractivity contribution < 1.29 is 13.9 Å². The molecular weight excluding hydrogens is 417 g/mol. The number of carbonyl (C=O) groups is 1. The van der Waals surface area contributed by atoms with E-state index in [2.05, 4.69) is 4.98 Å². The molecule has 0 N–H and O–H groups in total. The van der Waals surface area contributed by atoms with E-state index in [-0.39, 0.29) is 22.8 Å². The minimum Gasteiger partial charge on any atom is -0.376 e. The summed E-state index contributed by atoms with van der Waals surface area (Å²) >= 11 is 0. The first-order valence-corrected chi connectivity index (χ1v) is 10.4. The number of hydrogen-bond donors (Lipinski definition) is 0. The molecule has 10 heteroatoms. The number of aryl methyl sites for hydroxylation is 2. The van der Waals surface area contributed by atoms with Gasteiger partial charge in [-0.2, -0.15) is 4.98 Å². The van der Waals surface area contributed by atoms with Crippen molar-refractivity contribution in [2.24, 2.45) is 7.05 Å². The number of benzene rings is 1. The molecule has 0 bridgehead atoms. The third kappa shape index (κ3) is 3.18. The highest BCUT2D eigenvalue weighted by Gasteiger charge is 2.24. The minimum absolute atomic E-state index is 0.0820. The standard InChI is InChI=1S/C22H22FN5O4/c1-13-10-27-18-19(24-21(27)26(13)11-16-4-3-9-32-16)25(2)22(31)28(20(18)30)12-17(29)14-5-7-15(23)8-6-14/h5-8,10,16H,3-4,9,11-12H2,1-2H3/t16-/m1/s1. The van der Waals surface area contributed by atoms with Gasteiger partial charge in [-0.1, -0.05) is 0 Å². The SMILES string of the molecule is Cc1cn2c3c(=O)n(CC(=O)c4ccc(F)cc4)c(=O)n(C)c3nc2n1C[C@H]1CCCO1. The number of ketones is 1. The predicted molar refractivity (Wildman–Crippen MR) is 115 cm³/mol. The number of nitrogens with zero attached hydrogens (tertiary/aromatic N) is 5. The topological polar surface area (TPSA) is 92.5 Å². The van der Waals surface area contributed by atoms with Crippen LogP contribution in [-0.2, 0) is 24.9 Å². The van der Waals surface area contributed by atoms with E-state index in [0.29, 0.717) is 12.3 Å². The normalized spacial score (nSPS) is 16.4. The number of carbonyl (C=O) groups excluding carboxylic acids is 1. The van der Waals surface area contributed by atoms with Crippen molar-refractivity contribution in [3.05, 3.63) is 68.4 Å². The first kappa shape index (κ1) is 20.4. The molecule has 0 spiro atoms. The van der Waals surface area contributed by atoms with Gasteiger partial charge in [0.25, 0.3) is 5.56 Å². The number of rotatable bonds is 5. The van der Waals surface area contributed by atoms with Crippen molar-refractivity contribution in [3.63, 3.8) is 0 Å². The first-order valence-electron chi connectivity index (χ1n) is 10.4. The van der Waals surface area contributed by atoms with Crippen LogP contribution in [0.3, 0.4) is 0 Å². The van der Waals surface area contributed by atoms with Gasteiger partial charge in [-0.25, -0.2) is 9.18 Å². The quantitative estimate of drug-likeness (QED) is 0.441. The summed E-state index contributed by atoms with van der Waals surface area (Å²) in [5.41, 5.74) is 0.371. The molecule has 0 saturated carbocycles. The van der Waals surface area contributed by atoms with E-state index in [1.165, 1.54) is 23.7 Å². The van der Waals surface area contributed by atoms with Gasteiger partial charge in [-0.05, 0) is 44.0 Å². The zero-order valence-electron chi connectivity index (χ0n) is 17.7. The molecule has 0 unspecified atom stereocenters. The summed E-state index contributed by atoms with van der Waals surface area (Å²) in [6.45, 7) is 2.82. The van der Waals surface area contributed by atoms with E-state index in [9.17, 15) is 18.8 Å². The Bertz CT molecular complexity index is 1470. The maximum absolute atomic E-state index is 13.3. The van der Waals surface area contributed by atoms with Crippen LogP contribution in [0, 0.1) is 12.7 Å². The molecular formula is C22H22FN5O4. The Kier molecular flexibility index (Phi) is 4.81. The number of halogens is 1. The molecule has 4 aromatic rings. The van der Waals surface area contributed by atoms with Gasteiger partial charge in [0, 0.05) is 31.1 Å². The van der Waals surface area contributed by atoms with Crippen LogP contribution in [0.5, 0.6) is 0 Å². The Morgan fingerprint density at radius 2 is 1.97 bits per heavy atom. The lowest BCUT2D eigenvalue weighted by Crippen LogP contribution is -2.41. The average Bonchev–Trinajstić information content (AvgIpc) is 3.48. The molecule has 5 rings (SSSR count). The molecule has 166 valence electrons. The highest BCUT2D eigenvalue weighted by atomic mass is 19.1. The highest BCUT2D eigenvalue weighted by Crippen LogP contribution is 2.20. The van der Waals surface area contributed by atoms with Crippen molar-refractivity contribution in [1.82, 2.24) is 23.1 Å². The molecule has 4 heterocycles. The number of fused-ring (bicyclic) bond motifs is 3. The molecule has 1 saturated heterocycles. The van der Waals surface area contributed by atoms with E-state index in [1.807, 2.05) is 11.5 Å². The van der Waals surface area contributed by atoms with Gasteiger partial charge in [-0.3, -0.25) is 23.1 Å². The van der Waals surface area contributed by atoms with Crippen molar-refractivity contribution >= 4 is 22.7 Å². The van der Waals surface area contributed by atoms with Crippen LogP contribution in [0.2, 0.25) is 0 Å². The number of hydrogen-bond acceptors (Lipinski definition) is 5. The predicted octanol–water partition coefficient (Wildman–Crippen LogP) is 1.66. The van der Waals surface area contributed by atoms with Crippen LogP contribution in [0.15, 0.2) is 40.1 Å². The molecule has 3 aromatic heterocycles. The van der Waals surface area contributed by atoms with E-state index in [1.54, 1.807) is 10.6 Å². The Morgan fingerprint density at radius 3 is 2.66 bits per heavy atom. The van der Waals surface area contributed by atoms with E-state index in [4.69, 9.17) is 4.74 Å². The summed E-state index contributed by atoms with van der Waals surface area (Å²) in [6, 6.07) is 4.99. The van der Waals surface area contributed by atoms with Crippen molar-refractivity contribution in [3.8, 4) is 0 Å². The lowest BCUT2D eigenvalue weighted by molar-refractivity contribution is 0.0967. The Labute approximate surface area is 181 Å². The van der Waals surface area contributed by atoms with Gasteiger partial charge >= 0.3 is 5.69 Å². The second-order valence-corrected chi connectivity index (χ2v) is 8.13. The number of ether oxygens (including phenoxy) is 1. The second kappa shape index (κ2) is 7.56. The zero-order valence-corrected chi connectivity index (χ0v) is 17.7. The Hall–Kier alpha value is -3.53. The van der Waals surface area contributed by atoms with E-state index >= 15 is 0 Å². The van der Waals surface area contributed by atoms with Crippen molar-refractivity contribution in [2.45, 2.75) is 39.0 Å². The van der Waals surface area contributed by atoms with Crippen LogP contribution < -0.4 is 11.2 Å². The number of Topliss-reactive ketones (excluding diaryl/α,β-unsaturated/α-hetero) is 1. The van der Waals surface area contributed by atoms with Gasteiger partial charge in [-0.15, -0.1) is 0 Å². The molecule has 32 heavy (non-hydrogen) atoms. The summed E-state index contributed by atoms with van der Waals surface area (Å²) in [5, 5.41) is 0. The highest BCUT2D eigenvalue weighted by molar-refractivity contribution is 5.96. The number of imidazole rings is 2. The van der Waals surface area contributed by atoms with Gasteiger partial charge in [0.2, 0.25) is 5.78 Å². The van der Waals surface area contributed by atoms with Crippen LogP contribution in [0.25, 0.3) is 16.9 Å². The maximum Gasteiger partial charge on any atom is 0.332 e. The summed E-state index contributed by atoms with van der Waals surface area (Å²) < 4.78 is 24.7. The number of aromatic nitrogens is 5. The van der Waals surface area contributed by atoms with Gasteiger partial charge in [0.05, 0.1) is 19.2 Å². The smallest absolute Gasteiger partial charge is 0.332 e. The zero-order chi connectivity index (χ0) is 22.6. The van der Waals surface area contributed by atoms with Crippen molar-refractivity contribution in [1.29, 1.82) is 0 Å². The lowest BCUT2D eigenvalue weighted by atomic mass is 10.1. The fourth-order valence-electron chi connectivity index (χ4n) is 4.28. The first-order chi connectivity index (χ1) is 15.3. The van der Waals surface area contributed by atoms with E-state index < -0.39 is 29.4 Å². The average molecular weight is 439 g/mol. The molecule has 1 aliphatic rings. The van der Waals surface area contributed by atoms with Crippen LogP contribution >= 0.6 is 0 Å². The molecule has 1 atom stereocenters. The monoisotopic (exact) mass is 439 g/mol. The molecule has 9 nitrogen and oxygen atoms in total. The summed E-state index contributed by atoms with van der Waals surface area (Å²) in [5.74, 6) is -0.389. The van der Waals surface area contributed by atoms with Crippen LogP contribution in [0.4, 0.5) is 4.39 Å². The van der Waals surface area contributed by atoms with Gasteiger partial charge < -0.3 is 9.30 Å².